The number of ether oxygens (including phenoxy) is 3. The van der Waals surface area contributed by atoms with E-state index < -0.39 is 24.1 Å². The van der Waals surface area contributed by atoms with Crippen LogP contribution in [0, 0.1) is 11.8 Å². The number of aliphatic hydroxyl groups is 6. The van der Waals surface area contributed by atoms with Gasteiger partial charge in [-0.2, -0.15) is 0 Å². The highest BCUT2D eigenvalue weighted by Crippen LogP contribution is 2.18. The summed E-state index contributed by atoms with van der Waals surface area (Å²) in [5.74, 6) is -0.995. The molecule has 0 aromatic carbocycles. The second kappa shape index (κ2) is 37.8. The van der Waals surface area contributed by atoms with E-state index >= 15 is 0 Å². The maximum absolute atomic E-state index is 11.2. The molecule has 0 amide bonds. The Bertz CT molecular complexity index is 584. The fourth-order valence-corrected chi connectivity index (χ4v) is 3.86. The summed E-state index contributed by atoms with van der Waals surface area (Å²) in [7, 11) is 0. The normalized spacial score (nSPS) is 12.9. The van der Waals surface area contributed by atoms with Crippen LogP contribution in [0.4, 0.5) is 0 Å². The number of carbonyl (C=O) groups excluding carboxylic acids is 1. The van der Waals surface area contributed by atoms with Gasteiger partial charge < -0.3 is 50.0 Å². The van der Waals surface area contributed by atoms with Crippen LogP contribution < -0.4 is 0 Å². The Hall–Kier alpha value is -1.38. The van der Waals surface area contributed by atoms with E-state index in [1.165, 1.54) is 38.5 Å². The summed E-state index contributed by atoms with van der Waals surface area (Å²) in [4.78, 5) is 22.1. The van der Waals surface area contributed by atoms with Crippen molar-refractivity contribution in [1.82, 2.24) is 0 Å². The number of hydrogen-bond donors (Lipinski definition) is 7. The van der Waals surface area contributed by atoms with Gasteiger partial charge in [0.15, 0.2) is 0 Å². The molecule has 0 fully saturated rings. The number of carbonyl (C=O) groups is 2. The molecule has 0 aliphatic rings. The molecule has 0 aromatic heterocycles. The van der Waals surface area contributed by atoms with Crippen LogP contribution in [0.25, 0.3) is 0 Å². The highest BCUT2D eigenvalue weighted by molar-refractivity contribution is 5.70. The summed E-state index contributed by atoms with van der Waals surface area (Å²) < 4.78 is 14.5. The lowest BCUT2D eigenvalue weighted by molar-refractivity contribution is -0.147. The Morgan fingerprint density at radius 2 is 1.16 bits per heavy atom. The highest BCUT2D eigenvalue weighted by Gasteiger charge is 2.20. The van der Waals surface area contributed by atoms with Crippen molar-refractivity contribution in [1.29, 1.82) is 0 Å². The summed E-state index contributed by atoms with van der Waals surface area (Å²) in [6, 6.07) is 0. The largest absolute Gasteiger partial charge is 0.481 e. The first-order chi connectivity index (χ1) is 21.1. The van der Waals surface area contributed by atoms with E-state index in [-0.39, 0.29) is 45.4 Å². The molecule has 0 radical (unpaired) electrons. The minimum atomic E-state index is -0.951. The predicted molar refractivity (Wildman–Crippen MR) is 169 cm³/mol. The second-order valence-electron chi connectivity index (χ2n) is 11.2. The van der Waals surface area contributed by atoms with Gasteiger partial charge in [-0.15, -0.1) is 0 Å². The van der Waals surface area contributed by atoms with Crippen LogP contribution in [0.15, 0.2) is 0 Å². The highest BCUT2D eigenvalue weighted by atomic mass is 16.5. The van der Waals surface area contributed by atoms with E-state index in [0.29, 0.717) is 45.2 Å². The molecule has 12 nitrogen and oxygen atoms in total. The van der Waals surface area contributed by atoms with Gasteiger partial charge in [-0.05, 0) is 25.2 Å². The summed E-state index contributed by atoms with van der Waals surface area (Å²) in [5.41, 5.74) is 0. The number of esters is 1. The standard InChI is InChI=1S/2C13H26O4.C6H14O4/c1-10(2)6-4-3-5-7-11(13(16)17)8-12(15)9-14;1-2-3-4-5-6-7-8-9-13(16)17-11-12(15)10-14;7-1-3-9-5-6-10-4-2-8/h10-12,14-15H,3-9H2,1-2H3,(H,16,17);12,14-15H,2-11H2,1H3;7-8H,1-6H2. The zero-order valence-electron chi connectivity index (χ0n) is 27.7. The van der Waals surface area contributed by atoms with E-state index in [1.54, 1.807) is 0 Å². The van der Waals surface area contributed by atoms with Crippen LogP contribution in [0.3, 0.4) is 0 Å². The number of rotatable bonds is 28. The van der Waals surface area contributed by atoms with E-state index in [9.17, 15) is 14.7 Å². The van der Waals surface area contributed by atoms with E-state index in [4.69, 9.17) is 44.8 Å². The first-order valence-corrected chi connectivity index (χ1v) is 16.4. The Morgan fingerprint density at radius 3 is 1.64 bits per heavy atom. The zero-order chi connectivity index (χ0) is 33.8. The van der Waals surface area contributed by atoms with Crippen molar-refractivity contribution in [2.45, 2.75) is 123 Å². The van der Waals surface area contributed by atoms with Gasteiger partial charge in [-0.25, -0.2) is 0 Å². The van der Waals surface area contributed by atoms with Crippen LogP contribution >= 0.6 is 0 Å². The predicted octanol–water partition coefficient (Wildman–Crippen LogP) is 3.06. The minimum absolute atomic E-state index is 0.0417. The van der Waals surface area contributed by atoms with Crippen molar-refractivity contribution in [2.75, 3.05) is 59.5 Å². The van der Waals surface area contributed by atoms with Gasteiger partial charge in [0.2, 0.25) is 0 Å². The first kappa shape index (κ1) is 47.0. The summed E-state index contributed by atoms with van der Waals surface area (Å²) in [6.07, 6.45) is 11.7. The molecular weight excluding hydrogens is 576 g/mol. The Morgan fingerprint density at radius 1 is 0.659 bits per heavy atom. The third-order valence-electron chi connectivity index (χ3n) is 6.43. The summed E-state index contributed by atoms with van der Waals surface area (Å²) in [6.45, 7) is 7.44. The van der Waals surface area contributed by atoms with Crippen molar-refractivity contribution >= 4 is 11.9 Å². The first-order valence-electron chi connectivity index (χ1n) is 16.4. The number of aliphatic hydroxyl groups excluding tert-OH is 6. The van der Waals surface area contributed by atoms with Crippen molar-refractivity contribution < 1.29 is 59.5 Å². The van der Waals surface area contributed by atoms with Gasteiger partial charge >= 0.3 is 11.9 Å². The topological polar surface area (TPSA) is 203 Å². The molecular formula is C32H66O12. The molecule has 44 heavy (non-hydrogen) atoms. The fourth-order valence-electron chi connectivity index (χ4n) is 3.86. The lowest BCUT2D eigenvalue weighted by Crippen LogP contribution is -2.23. The number of carboxylic acid groups (broad SMARTS) is 1. The van der Waals surface area contributed by atoms with E-state index in [1.807, 2.05) is 0 Å². The smallest absolute Gasteiger partial charge is 0.306 e. The van der Waals surface area contributed by atoms with Crippen molar-refractivity contribution in [3.05, 3.63) is 0 Å². The molecule has 3 atom stereocenters. The van der Waals surface area contributed by atoms with Gasteiger partial charge in [0, 0.05) is 6.42 Å². The van der Waals surface area contributed by atoms with Gasteiger partial charge in [0.05, 0.1) is 64.9 Å². The number of unbranched alkanes of at least 4 members (excludes halogenated alkanes) is 8. The summed E-state index contributed by atoms with van der Waals surface area (Å²) in [5, 5.41) is 60.9. The zero-order valence-corrected chi connectivity index (χ0v) is 27.7. The van der Waals surface area contributed by atoms with Gasteiger partial charge in [0.25, 0.3) is 0 Å². The SMILES string of the molecule is CC(C)CCCCCC(CC(O)CO)C(=O)O.CCCCCCCCCC(=O)OCC(O)CO.OCCOCCOCCO. The molecule has 0 heterocycles. The molecule has 0 bridgehead atoms. The lowest BCUT2D eigenvalue weighted by atomic mass is 9.94. The van der Waals surface area contributed by atoms with Crippen LogP contribution in [-0.2, 0) is 23.8 Å². The molecule has 0 aliphatic heterocycles. The number of carboxylic acids is 1. The maximum Gasteiger partial charge on any atom is 0.306 e. The molecule has 7 N–H and O–H groups in total. The molecule has 12 heteroatoms. The van der Waals surface area contributed by atoms with Crippen LogP contribution in [0.5, 0.6) is 0 Å². The average molecular weight is 643 g/mol. The average Bonchev–Trinajstić information content (AvgIpc) is 3.00. The molecule has 0 rings (SSSR count). The molecule has 0 saturated carbocycles. The molecule has 0 aliphatic carbocycles. The van der Waals surface area contributed by atoms with Gasteiger partial charge in [0.1, 0.15) is 12.7 Å². The third-order valence-corrected chi connectivity index (χ3v) is 6.43. The Labute approximate surface area is 265 Å². The minimum Gasteiger partial charge on any atom is -0.481 e. The monoisotopic (exact) mass is 642 g/mol. The lowest BCUT2D eigenvalue weighted by Gasteiger charge is -2.15. The van der Waals surface area contributed by atoms with Gasteiger partial charge in [-0.3, -0.25) is 9.59 Å². The Balaban J connectivity index is -0.000000594. The van der Waals surface area contributed by atoms with Gasteiger partial charge in [-0.1, -0.05) is 85.0 Å². The molecule has 266 valence electrons. The molecule has 0 spiro atoms. The second-order valence-corrected chi connectivity index (χ2v) is 11.2. The Kier molecular flexibility index (Phi) is 40.4. The van der Waals surface area contributed by atoms with Crippen molar-refractivity contribution in [3.63, 3.8) is 0 Å². The van der Waals surface area contributed by atoms with Crippen LogP contribution in [-0.4, -0.2) is 119 Å². The summed E-state index contributed by atoms with van der Waals surface area (Å²) >= 11 is 0. The van der Waals surface area contributed by atoms with Crippen LogP contribution in [0.1, 0.15) is 111 Å². The van der Waals surface area contributed by atoms with E-state index in [0.717, 1.165) is 32.1 Å². The van der Waals surface area contributed by atoms with Crippen molar-refractivity contribution in [2.24, 2.45) is 11.8 Å². The number of aliphatic carboxylic acids is 1. The van der Waals surface area contributed by atoms with Crippen molar-refractivity contribution in [3.8, 4) is 0 Å². The maximum atomic E-state index is 11.2. The molecule has 0 saturated heterocycles. The van der Waals surface area contributed by atoms with E-state index in [2.05, 4.69) is 20.8 Å². The third kappa shape index (κ3) is 40.6. The number of hydrogen-bond acceptors (Lipinski definition) is 11. The molecule has 0 aromatic rings. The molecule has 3 unspecified atom stereocenters. The fraction of sp³-hybridized carbons (Fsp3) is 0.938. The quantitative estimate of drug-likeness (QED) is 0.0486. The van der Waals surface area contributed by atoms with Crippen LogP contribution in [0.2, 0.25) is 0 Å².